The Morgan fingerprint density at radius 1 is 1.40 bits per heavy atom. The summed E-state index contributed by atoms with van der Waals surface area (Å²) in [5, 5.41) is 14.7. The van der Waals surface area contributed by atoms with Gasteiger partial charge in [0.1, 0.15) is 0 Å². The van der Waals surface area contributed by atoms with Crippen molar-refractivity contribution in [1.29, 1.82) is 0 Å². The molecule has 1 aromatic rings. The van der Waals surface area contributed by atoms with Gasteiger partial charge in [-0.15, -0.1) is 0 Å². The summed E-state index contributed by atoms with van der Waals surface area (Å²) in [5.74, 6) is -0.929. The number of halogens is 1. The Morgan fingerprint density at radius 3 is 2.65 bits per heavy atom. The largest absolute Gasteiger partial charge is 0.481 e. The van der Waals surface area contributed by atoms with E-state index in [1.165, 1.54) is 0 Å². The molecule has 0 aliphatic rings. The van der Waals surface area contributed by atoms with Crippen LogP contribution in [0.3, 0.4) is 0 Å². The number of nitrogens with one attached hydrogen (secondary N) is 2. The van der Waals surface area contributed by atoms with Crippen molar-refractivity contribution in [2.75, 3.05) is 5.32 Å². The second-order valence-corrected chi connectivity index (χ2v) is 5.05. The van der Waals surface area contributed by atoms with Crippen LogP contribution in [-0.2, 0) is 4.79 Å². The maximum atomic E-state index is 11.8. The highest BCUT2D eigenvalue weighted by Crippen LogP contribution is 2.19. The van der Waals surface area contributed by atoms with Crippen molar-refractivity contribution < 1.29 is 14.7 Å². The first-order valence-electron chi connectivity index (χ1n) is 6.47. The minimum absolute atomic E-state index is 0.0874. The van der Waals surface area contributed by atoms with Crippen molar-refractivity contribution in [3.8, 4) is 0 Å². The SMILES string of the molecule is CCCC(CC(=O)O)NC(=O)Nc1ccc(C)c(Cl)c1. The van der Waals surface area contributed by atoms with Crippen LogP contribution in [0, 0.1) is 6.92 Å². The average molecular weight is 299 g/mol. The number of amides is 2. The van der Waals surface area contributed by atoms with E-state index >= 15 is 0 Å². The van der Waals surface area contributed by atoms with Gasteiger partial charge in [0.15, 0.2) is 0 Å². The van der Waals surface area contributed by atoms with Gasteiger partial charge < -0.3 is 15.7 Å². The summed E-state index contributed by atoms with van der Waals surface area (Å²) in [6, 6.07) is 4.40. The zero-order valence-electron chi connectivity index (χ0n) is 11.6. The van der Waals surface area contributed by atoms with Crippen LogP contribution in [0.2, 0.25) is 5.02 Å². The first-order chi connectivity index (χ1) is 9.42. The molecule has 0 bridgehead atoms. The number of benzene rings is 1. The van der Waals surface area contributed by atoms with Crippen molar-refractivity contribution in [2.45, 2.75) is 39.2 Å². The predicted octanol–water partition coefficient (Wildman–Crippen LogP) is 3.41. The topological polar surface area (TPSA) is 78.4 Å². The molecule has 0 aliphatic carbocycles. The van der Waals surface area contributed by atoms with Crippen molar-refractivity contribution in [1.82, 2.24) is 5.32 Å². The fourth-order valence-corrected chi connectivity index (χ4v) is 1.99. The van der Waals surface area contributed by atoms with Crippen molar-refractivity contribution >= 4 is 29.3 Å². The molecule has 5 nitrogen and oxygen atoms in total. The van der Waals surface area contributed by atoms with Gasteiger partial charge in [-0.3, -0.25) is 4.79 Å². The third-order valence-electron chi connectivity index (χ3n) is 2.82. The zero-order chi connectivity index (χ0) is 15.1. The van der Waals surface area contributed by atoms with Crippen LogP contribution in [0.4, 0.5) is 10.5 Å². The number of carboxylic acids is 1. The standard InChI is InChI=1S/C14H19ClN2O3/c1-3-4-10(8-13(18)19)16-14(20)17-11-6-5-9(2)12(15)7-11/h5-7,10H,3-4,8H2,1-2H3,(H,18,19)(H2,16,17,20). The van der Waals surface area contributed by atoms with Crippen LogP contribution in [-0.4, -0.2) is 23.1 Å². The molecule has 1 atom stereocenters. The van der Waals surface area contributed by atoms with Crippen LogP contribution in [0.5, 0.6) is 0 Å². The number of hydrogen-bond acceptors (Lipinski definition) is 2. The molecular formula is C14H19ClN2O3. The maximum absolute atomic E-state index is 11.8. The number of urea groups is 1. The third-order valence-corrected chi connectivity index (χ3v) is 3.23. The summed E-state index contributed by atoms with van der Waals surface area (Å²) in [6.45, 7) is 3.81. The summed E-state index contributed by atoms with van der Waals surface area (Å²) >= 11 is 5.97. The van der Waals surface area contributed by atoms with E-state index in [-0.39, 0.29) is 12.5 Å². The zero-order valence-corrected chi connectivity index (χ0v) is 12.3. The lowest BCUT2D eigenvalue weighted by Gasteiger charge is -2.16. The van der Waals surface area contributed by atoms with Gasteiger partial charge in [0, 0.05) is 16.8 Å². The van der Waals surface area contributed by atoms with Crippen molar-refractivity contribution in [3.63, 3.8) is 0 Å². The molecule has 20 heavy (non-hydrogen) atoms. The molecule has 2 amide bonds. The summed E-state index contributed by atoms with van der Waals surface area (Å²) < 4.78 is 0. The highest BCUT2D eigenvalue weighted by atomic mass is 35.5. The van der Waals surface area contributed by atoms with E-state index in [2.05, 4.69) is 10.6 Å². The summed E-state index contributed by atoms with van der Waals surface area (Å²) in [7, 11) is 0. The van der Waals surface area contributed by atoms with Crippen LogP contribution in [0.1, 0.15) is 31.7 Å². The van der Waals surface area contributed by atoms with Gasteiger partial charge in [-0.1, -0.05) is 31.0 Å². The van der Waals surface area contributed by atoms with E-state index in [0.29, 0.717) is 17.1 Å². The summed E-state index contributed by atoms with van der Waals surface area (Å²) in [5.41, 5.74) is 1.50. The molecule has 3 N–H and O–H groups in total. The smallest absolute Gasteiger partial charge is 0.319 e. The number of carboxylic acid groups (broad SMARTS) is 1. The summed E-state index contributed by atoms with van der Waals surface area (Å²) in [4.78, 5) is 22.5. The molecular weight excluding hydrogens is 280 g/mol. The quantitative estimate of drug-likeness (QED) is 0.753. The lowest BCUT2D eigenvalue weighted by molar-refractivity contribution is -0.137. The average Bonchev–Trinajstić information content (AvgIpc) is 2.33. The Kier molecular flexibility index (Phi) is 6.31. The molecule has 0 radical (unpaired) electrons. The van der Waals surface area contributed by atoms with E-state index in [0.717, 1.165) is 12.0 Å². The predicted molar refractivity (Wildman–Crippen MR) is 79.3 cm³/mol. The second kappa shape index (κ2) is 7.75. The van der Waals surface area contributed by atoms with Gasteiger partial charge in [0.2, 0.25) is 0 Å². The fraction of sp³-hybridized carbons (Fsp3) is 0.429. The molecule has 1 aromatic carbocycles. The van der Waals surface area contributed by atoms with Crippen LogP contribution >= 0.6 is 11.6 Å². The number of rotatable bonds is 6. The molecule has 0 fully saturated rings. The van der Waals surface area contributed by atoms with E-state index in [9.17, 15) is 9.59 Å². The number of carbonyl (C=O) groups is 2. The number of aryl methyl sites for hydroxylation is 1. The Morgan fingerprint density at radius 2 is 2.10 bits per heavy atom. The highest BCUT2D eigenvalue weighted by Gasteiger charge is 2.15. The number of aliphatic carboxylic acids is 1. The Labute approximate surface area is 123 Å². The molecule has 6 heteroatoms. The summed E-state index contributed by atoms with van der Waals surface area (Å²) in [6.07, 6.45) is 1.33. The van der Waals surface area contributed by atoms with Gasteiger partial charge in [-0.2, -0.15) is 0 Å². The first kappa shape index (κ1) is 16.3. The highest BCUT2D eigenvalue weighted by molar-refractivity contribution is 6.31. The minimum atomic E-state index is -0.929. The van der Waals surface area contributed by atoms with Crippen LogP contribution < -0.4 is 10.6 Å². The first-order valence-corrected chi connectivity index (χ1v) is 6.85. The number of hydrogen-bond donors (Lipinski definition) is 3. The molecule has 0 spiro atoms. The molecule has 1 unspecified atom stereocenters. The molecule has 0 aliphatic heterocycles. The van der Waals surface area contributed by atoms with E-state index in [1.54, 1.807) is 18.2 Å². The van der Waals surface area contributed by atoms with Gasteiger partial charge in [-0.25, -0.2) is 4.79 Å². The van der Waals surface area contributed by atoms with Gasteiger partial charge in [0.05, 0.1) is 6.42 Å². The normalized spacial score (nSPS) is 11.8. The number of carbonyl (C=O) groups excluding carboxylic acids is 1. The maximum Gasteiger partial charge on any atom is 0.319 e. The number of anilines is 1. The van der Waals surface area contributed by atoms with Crippen molar-refractivity contribution in [2.24, 2.45) is 0 Å². The molecule has 0 saturated carbocycles. The van der Waals surface area contributed by atoms with Crippen LogP contribution in [0.25, 0.3) is 0 Å². The van der Waals surface area contributed by atoms with E-state index in [4.69, 9.17) is 16.7 Å². The molecule has 0 aromatic heterocycles. The fourth-order valence-electron chi connectivity index (χ4n) is 1.81. The lowest BCUT2D eigenvalue weighted by Crippen LogP contribution is -2.39. The molecule has 1 rings (SSSR count). The van der Waals surface area contributed by atoms with Gasteiger partial charge in [0.25, 0.3) is 0 Å². The lowest BCUT2D eigenvalue weighted by atomic mass is 10.1. The van der Waals surface area contributed by atoms with E-state index in [1.807, 2.05) is 13.8 Å². The third kappa shape index (κ3) is 5.48. The van der Waals surface area contributed by atoms with Crippen molar-refractivity contribution in [3.05, 3.63) is 28.8 Å². The van der Waals surface area contributed by atoms with Gasteiger partial charge >= 0.3 is 12.0 Å². The molecule has 0 heterocycles. The Balaban J connectivity index is 2.60. The monoisotopic (exact) mass is 298 g/mol. The second-order valence-electron chi connectivity index (χ2n) is 4.65. The molecule has 0 saturated heterocycles. The Hall–Kier alpha value is -1.75. The van der Waals surface area contributed by atoms with Gasteiger partial charge in [-0.05, 0) is 31.0 Å². The minimum Gasteiger partial charge on any atom is -0.481 e. The van der Waals surface area contributed by atoms with Crippen LogP contribution in [0.15, 0.2) is 18.2 Å². The van der Waals surface area contributed by atoms with E-state index < -0.39 is 12.0 Å². The Bertz CT molecular complexity index is 491. The molecule has 110 valence electrons.